The molecule has 2 N–H and O–H groups in total. The van der Waals surface area contributed by atoms with Crippen LogP contribution in [0.4, 0.5) is 0 Å². The largest absolute Gasteiger partial charge is 0.493 e. The molecule has 0 amide bonds. The number of aromatic amines is 2. The molecule has 0 atom stereocenters. The molecular formula is C11H13N3OS. The van der Waals surface area contributed by atoms with Crippen LogP contribution >= 0.6 is 12.2 Å². The lowest BCUT2D eigenvalue weighted by atomic mass is 10.2. The number of nitrogens with zero attached hydrogens (tertiary/aromatic N) is 1. The Morgan fingerprint density at radius 1 is 1.31 bits per heavy atom. The van der Waals surface area contributed by atoms with Crippen molar-refractivity contribution in [1.29, 1.82) is 0 Å². The molecule has 0 aliphatic heterocycles. The van der Waals surface area contributed by atoms with E-state index in [1.807, 2.05) is 24.3 Å². The van der Waals surface area contributed by atoms with E-state index in [9.17, 15) is 0 Å². The molecule has 4 nitrogen and oxygen atoms in total. The second-order valence-corrected chi connectivity index (χ2v) is 3.75. The Bertz CT molecular complexity index is 518. The monoisotopic (exact) mass is 235 g/mol. The molecule has 0 unspecified atom stereocenters. The summed E-state index contributed by atoms with van der Waals surface area (Å²) in [6.45, 7) is 2.77. The van der Waals surface area contributed by atoms with Crippen molar-refractivity contribution in [3.63, 3.8) is 0 Å². The quantitative estimate of drug-likeness (QED) is 0.801. The lowest BCUT2D eigenvalue weighted by Gasteiger charge is -2.08. The Morgan fingerprint density at radius 3 is 2.81 bits per heavy atom. The highest BCUT2D eigenvalue weighted by atomic mass is 32.1. The summed E-state index contributed by atoms with van der Waals surface area (Å²) in [5.41, 5.74) is 0.920. The number of hydrogen-bond acceptors (Lipinski definition) is 3. The minimum atomic E-state index is 0.445. The Kier molecular flexibility index (Phi) is 3.36. The van der Waals surface area contributed by atoms with Crippen molar-refractivity contribution in [2.75, 3.05) is 6.61 Å². The van der Waals surface area contributed by atoms with Crippen molar-refractivity contribution in [2.45, 2.75) is 13.3 Å². The van der Waals surface area contributed by atoms with Gasteiger partial charge in [-0.05, 0) is 30.8 Å². The fourth-order valence-corrected chi connectivity index (χ4v) is 1.54. The second-order valence-electron chi connectivity index (χ2n) is 3.36. The Morgan fingerprint density at radius 2 is 2.12 bits per heavy atom. The van der Waals surface area contributed by atoms with Crippen molar-refractivity contribution in [2.24, 2.45) is 0 Å². The molecule has 1 aromatic carbocycles. The first-order valence-corrected chi connectivity index (χ1v) is 5.59. The van der Waals surface area contributed by atoms with E-state index >= 15 is 0 Å². The molecule has 0 radical (unpaired) electrons. The Labute approximate surface area is 98.7 Å². The van der Waals surface area contributed by atoms with Crippen LogP contribution in [0, 0.1) is 4.77 Å². The van der Waals surface area contributed by atoms with Crippen molar-refractivity contribution in [3.05, 3.63) is 29.0 Å². The second kappa shape index (κ2) is 4.94. The summed E-state index contributed by atoms with van der Waals surface area (Å²) in [7, 11) is 0. The van der Waals surface area contributed by atoms with Gasteiger partial charge in [-0.1, -0.05) is 19.1 Å². The molecule has 0 spiro atoms. The molecule has 0 fully saturated rings. The van der Waals surface area contributed by atoms with E-state index in [0.717, 1.165) is 17.7 Å². The van der Waals surface area contributed by atoms with E-state index in [2.05, 4.69) is 22.1 Å². The maximum atomic E-state index is 5.64. The third-order valence-electron chi connectivity index (χ3n) is 2.11. The van der Waals surface area contributed by atoms with E-state index in [1.165, 1.54) is 0 Å². The van der Waals surface area contributed by atoms with Gasteiger partial charge in [0, 0.05) is 0 Å². The average molecular weight is 235 g/mol. The van der Waals surface area contributed by atoms with Gasteiger partial charge < -0.3 is 4.74 Å². The summed E-state index contributed by atoms with van der Waals surface area (Å²) in [5.74, 6) is 1.53. The lowest BCUT2D eigenvalue weighted by Crippen LogP contribution is -1.97. The summed E-state index contributed by atoms with van der Waals surface area (Å²) in [6.07, 6.45) is 0.977. The van der Waals surface area contributed by atoms with Gasteiger partial charge in [0.1, 0.15) is 5.75 Å². The highest BCUT2D eigenvalue weighted by molar-refractivity contribution is 7.71. The van der Waals surface area contributed by atoms with Crippen LogP contribution in [0.3, 0.4) is 0 Å². The molecule has 84 valence electrons. The minimum Gasteiger partial charge on any atom is -0.493 e. The van der Waals surface area contributed by atoms with Crippen molar-refractivity contribution >= 4 is 12.2 Å². The van der Waals surface area contributed by atoms with Crippen LogP contribution in [-0.2, 0) is 0 Å². The van der Waals surface area contributed by atoms with E-state index in [0.29, 0.717) is 17.2 Å². The molecule has 1 aromatic heterocycles. The molecular weight excluding hydrogens is 222 g/mol. The van der Waals surface area contributed by atoms with Crippen LogP contribution < -0.4 is 4.74 Å². The third-order valence-corrected chi connectivity index (χ3v) is 2.30. The molecule has 16 heavy (non-hydrogen) atoms. The smallest absolute Gasteiger partial charge is 0.213 e. The van der Waals surface area contributed by atoms with Gasteiger partial charge in [-0.25, -0.2) is 0 Å². The molecule has 2 rings (SSSR count). The molecule has 0 saturated carbocycles. The summed E-state index contributed by atoms with van der Waals surface area (Å²) in [6, 6.07) is 7.76. The molecule has 0 saturated heterocycles. The number of rotatable bonds is 4. The molecule has 5 heteroatoms. The molecule has 2 aromatic rings. The van der Waals surface area contributed by atoms with Gasteiger partial charge in [0.05, 0.1) is 12.2 Å². The van der Waals surface area contributed by atoms with E-state index in [4.69, 9.17) is 17.0 Å². The number of H-pyrrole nitrogens is 2. The highest BCUT2D eigenvalue weighted by Gasteiger charge is 2.07. The minimum absolute atomic E-state index is 0.445. The number of benzene rings is 1. The molecule has 1 heterocycles. The van der Waals surface area contributed by atoms with Crippen molar-refractivity contribution < 1.29 is 4.74 Å². The number of ether oxygens (including phenoxy) is 1. The van der Waals surface area contributed by atoms with Gasteiger partial charge >= 0.3 is 0 Å². The van der Waals surface area contributed by atoms with Crippen LogP contribution in [0.2, 0.25) is 0 Å². The number of nitrogens with one attached hydrogen (secondary N) is 2. The fraction of sp³-hybridized carbons (Fsp3) is 0.273. The van der Waals surface area contributed by atoms with Crippen LogP contribution in [0.5, 0.6) is 5.75 Å². The van der Waals surface area contributed by atoms with Crippen LogP contribution in [-0.4, -0.2) is 21.8 Å². The fourth-order valence-electron chi connectivity index (χ4n) is 1.40. The standard InChI is InChI=1S/C11H13N3OS/c1-2-7-15-9-6-4-3-5-8(9)10-12-11(16)14-13-10/h3-6H,2,7H2,1H3,(H2,12,13,14,16). The van der Waals surface area contributed by atoms with Crippen LogP contribution in [0.1, 0.15) is 13.3 Å². The van der Waals surface area contributed by atoms with Gasteiger partial charge in [-0.15, -0.1) is 0 Å². The Balaban J connectivity index is 2.36. The first-order chi connectivity index (χ1) is 7.81. The zero-order chi connectivity index (χ0) is 11.4. The van der Waals surface area contributed by atoms with Gasteiger partial charge in [0.2, 0.25) is 4.77 Å². The van der Waals surface area contributed by atoms with Gasteiger partial charge in [0.15, 0.2) is 5.82 Å². The number of hydrogen-bond donors (Lipinski definition) is 2. The maximum absolute atomic E-state index is 5.64. The maximum Gasteiger partial charge on any atom is 0.213 e. The van der Waals surface area contributed by atoms with Gasteiger partial charge in [0.25, 0.3) is 0 Å². The van der Waals surface area contributed by atoms with Crippen molar-refractivity contribution in [1.82, 2.24) is 15.2 Å². The topological polar surface area (TPSA) is 53.7 Å². The first kappa shape index (κ1) is 10.9. The Hall–Kier alpha value is -1.62. The summed E-state index contributed by atoms with van der Waals surface area (Å²) in [4.78, 5) is 4.17. The van der Waals surface area contributed by atoms with E-state index in [1.54, 1.807) is 0 Å². The predicted octanol–water partition coefficient (Wildman–Crippen LogP) is 2.92. The van der Waals surface area contributed by atoms with Crippen LogP contribution in [0.25, 0.3) is 11.4 Å². The molecule has 0 aliphatic carbocycles. The summed E-state index contributed by atoms with van der Waals surface area (Å²) < 4.78 is 6.09. The number of para-hydroxylation sites is 1. The summed E-state index contributed by atoms with van der Waals surface area (Å²) in [5, 5.41) is 5.69. The van der Waals surface area contributed by atoms with E-state index < -0.39 is 0 Å². The van der Waals surface area contributed by atoms with Crippen LogP contribution in [0.15, 0.2) is 24.3 Å². The van der Waals surface area contributed by atoms with Gasteiger partial charge in [-0.2, -0.15) is 4.98 Å². The normalized spacial score (nSPS) is 10.3. The zero-order valence-corrected chi connectivity index (χ0v) is 9.80. The zero-order valence-electron chi connectivity index (χ0n) is 8.99. The highest BCUT2D eigenvalue weighted by Crippen LogP contribution is 2.26. The summed E-state index contributed by atoms with van der Waals surface area (Å²) >= 11 is 4.92. The predicted molar refractivity (Wildman–Crippen MR) is 65.0 cm³/mol. The van der Waals surface area contributed by atoms with E-state index in [-0.39, 0.29) is 0 Å². The lowest BCUT2D eigenvalue weighted by molar-refractivity contribution is 0.318. The molecule has 0 bridgehead atoms. The number of aromatic nitrogens is 3. The van der Waals surface area contributed by atoms with Gasteiger partial charge in [-0.3, -0.25) is 10.2 Å². The SMILES string of the molecule is CCCOc1ccccc1-c1nc(=S)[nH][nH]1. The third kappa shape index (κ3) is 2.30. The first-order valence-electron chi connectivity index (χ1n) is 5.18. The molecule has 0 aliphatic rings. The average Bonchev–Trinajstić information content (AvgIpc) is 2.73. The van der Waals surface area contributed by atoms with Crippen molar-refractivity contribution in [3.8, 4) is 17.1 Å².